The third kappa shape index (κ3) is 9.21. The van der Waals surface area contributed by atoms with Crippen molar-refractivity contribution in [1.29, 1.82) is 0 Å². The van der Waals surface area contributed by atoms with E-state index in [0.29, 0.717) is 29.8 Å². The molecule has 59 heavy (non-hydrogen) atoms. The summed E-state index contributed by atoms with van der Waals surface area (Å²) in [6, 6.07) is 1.38. The molecule has 4 heterocycles. The minimum absolute atomic E-state index is 0.0174. The van der Waals surface area contributed by atoms with Crippen LogP contribution in [-0.2, 0) is 42.9 Å². The molecule has 3 saturated heterocycles. The van der Waals surface area contributed by atoms with Gasteiger partial charge in [-0.25, -0.2) is 9.18 Å². The van der Waals surface area contributed by atoms with E-state index in [1.165, 1.54) is 13.1 Å². The van der Waals surface area contributed by atoms with Crippen molar-refractivity contribution >= 4 is 29.2 Å². The van der Waals surface area contributed by atoms with Gasteiger partial charge in [-0.15, -0.1) is 0 Å². The van der Waals surface area contributed by atoms with Gasteiger partial charge in [-0.05, 0) is 103 Å². The normalized spacial score (nSPS) is 39.8. The minimum atomic E-state index is -3.18. The summed E-state index contributed by atoms with van der Waals surface area (Å²) < 4.78 is 53.9. The van der Waals surface area contributed by atoms with Crippen molar-refractivity contribution < 1.29 is 51.8 Å². The van der Waals surface area contributed by atoms with Crippen LogP contribution >= 0.6 is 0 Å². The number of fused-ring (bicyclic) bond motifs is 3. The van der Waals surface area contributed by atoms with E-state index in [9.17, 15) is 19.2 Å². The van der Waals surface area contributed by atoms with E-state index < -0.39 is 82.7 Å². The van der Waals surface area contributed by atoms with Gasteiger partial charge < -0.3 is 44.6 Å². The first kappa shape index (κ1) is 45.7. The van der Waals surface area contributed by atoms with Crippen LogP contribution in [0.3, 0.4) is 0 Å². The SMILES string of the molecule is C=C1[C@H](O[C@@H]2[C@@H](C)C(=O)[C@](C)(F)C(=O)O[C@H](CC)[C@@]3(C)OC(=O)C4C[C@H]4[C@@H]3[C@@H](C)C(=O)[C@H](C)C[C@]2(C)OCC#Cc2cc(/C(N)=C/C=C\N)no2)O[C@H](C)C[C@@H]1N(C)C. The van der Waals surface area contributed by atoms with Crippen LogP contribution in [0.25, 0.3) is 5.70 Å². The molecule has 1 saturated carbocycles. The zero-order valence-electron chi connectivity index (χ0n) is 35.9. The van der Waals surface area contributed by atoms with Gasteiger partial charge in [0.2, 0.25) is 5.76 Å². The van der Waals surface area contributed by atoms with Crippen molar-refractivity contribution in [2.45, 2.75) is 129 Å². The maximum absolute atomic E-state index is 17.0. The minimum Gasteiger partial charge on any atom is -0.455 e. The number of Topliss-reactive ketones (excluding diaryl/α,β-unsaturated/α-hetero) is 2. The fraction of sp³-hybridized carbons (Fsp3) is 0.659. The number of hydrogen-bond acceptors (Lipinski definition) is 14. The van der Waals surface area contributed by atoms with E-state index in [1.807, 2.05) is 25.9 Å². The zero-order valence-corrected chi connectivity index (χ0v) is 35.9. The number of halogens is 1. The van der Waals surface area contributed by atoms with Crippen molar-refractivity contribution in [3.8, 4) is 11.8 Å². The second kappa shape index (κ2) is 17.7. The summed E-state index contributed by atoms with van der Waals surface area (Å²) in [5.41, 5.74) is 6.46. The lowest BCUT2D eigenvalue weighted by Crippen LogP contribution is -2.61. The summed E-state index contributed by atoms with van der Waals surface area (Å²) >= 11 is 0. The number of carbonyl (C=O) groups excluding carboxylic acids is 4. The monoisotopic (exact) mass is 824 g/mol. The third-order valence-corrected chi connectivity index (χ3v) is 12.8. The van der Waals surface area contributed by atoms with E-state index in [0.717, 1.165) is 6.92 Å². The first-order chi connectivity index (χ1) is 27.6. The lowest BCUT2D eigenvalue weighted by molar-refractivity contribution is -0.246. The van der Waals surface area contributed by atoms with Crippen LogP contribution in [0.2, 0.25) is 0 Å². The van der Waals surface area contributed by atoms with Gasteiger partial charge in [0.15, 0.2) is 12.1 Å². The van der Waals surface area contributed by atoms with E-state index in [4.69, 9.17) is 39.7 Å². The van der Waals surface area contributed by atoms with Crippen LogP contribution in [0.4, 0.5) is 4.39 Å². The van der Waals surface area contributed by atoms with E-state index in [2.05, 4.69) is 23.6 Å². The molecule has 0 spiro atoms. The van der Waals surface area contributed by atoms with Crippen LogP contribution in [0, 0.1) is 47.3 Å². The quantitative estimate of drug-likeness (QED) is 0.121. The summed E-state index contributed by atoms with van der Waals surface area (Å²) in [6.07, 6.45) is 1.84. The highest BCUT2D eigenvalue weighted by atomic mass is 19.1. The Labute approximate surface area is 346 Å². The fourth-order valence-corrected chi connectivity index (χ4v) is 9.52. The van der Waals surface area contributed by atoms with Gasteiger partial charge in [0.1, 0.15) is 29.8 Å². The number of nitrogens with zero attached hydrogens (tertiary/aromatic N) is 2. The molecule has 324 valence electrons. The highest BCUT2D eigenvalue weighted by Crippen LogP contribution is 2.58. The zero-order chi connectivity index (χ0) is 43.8. The number of alkyl halides is 1. The summed E-state index contributed by atoms with van der Waals surface area (Å²) in [5.74, 6) is -1.18. The Kier molecular flexibility index (Phi) is 13.7. The molecule has 0 radical (unpaired) electrons. The van der Waals surface area contributed by atoms with Gasteiger partial charge in [-0.2, -0.15) is 0 Å². The van der Waals surface area contributed by atoms with Gasteiger partial charge in [-0.1, -0.05) is 45.4 Å². The Balaban J connectivity index is 1.59. The Bertz CT molecular complexity index is 1910. The topological polar surface area (TPSA) is 196 Å². The molecule has 1 unspecified atom stereocenters. The molecule has 0 aromatic carbocycles. The lowest BCUT2D eigenvalue weighted by atomic mass is 9.67. The molecule has 4 N–H and O–H groups in total. The maximum Gasteiger partial charge on any atom is 0.351 e. The highest BCUT2D eigenvalue weighted by molar-refractivity contribution is 6.08. The van der Waals surface area contributed by atoms with Gasteiger partial charge in [0.05, 0.1) is 29.4 Å². The summed E-state index contributed by atoms with van der Waals surface area (Å²) in [7, 11) is 3.81. The second-order valence-corrected chi connectivity index (χ2v) is 17.5. The van der Waals surface area contributed by atoms with E-state index in [1.54, 1.807) is 52.8 Å². The molecular weight excluding hydrogens is 763 g/mol. The van der Waals surface area contributed by atoms with Crippen LogP contribution in [0.15, 0.2) is 41.1 Å². The molecule has 4 fully saturated rings. The Morgan fingerprint density at radius 3 is 2.46 bits per heavy atom. The van der Waals surface area contributed by atoms with Crippen molar-refractivity contribution in [3.05, 3.63) is 48.0 Å². The number of esters is 2. The first-order valence-electron chi connectivity index (χ1n) is 20.4. The number of aromatic nitrogens is 1. The predicted molar refractivity (Wildman–Crippen MR) is 215 cm³/mol. The Morgan fingerprint density at radius 1 is 1.12 bits per heavy atom. The number of hydrogen-bond donors (Lipinski definition) is 2. The molecule has 14 nitrogen and oxygen atoms in total. The smallest absolute Gasteiger partial charge is 0.351 e. The molecule has 0 amide bonds. The summed E-state index contributed by atoms with van der Waals surface area (Å²) in [6.45, 7) is 16.8. The predicted octanol–water partition coefficient (Wildman–Crippen LogP) is 4.65. The number of likely N-dealkylation sites (N-methyl/N-ethyl adjacent to an activating group) is 1. The highest BCUT2D eigenvalue weighted by Gasteiger charge is 2.66. The molecule has 1 aromatic heterocycles. The number of allylic oxidation sites excluding steroid dienone is 2. The first-order valence-corrected chi connectivity index (χ1v) is 20.4. The lowest BCUT2D eigenvalue weighted by Gasteiger charge is -2.48. The van der Waals surface area contributed by atoms with E-state index >= 15 is 4.39 Å². The Hall–Kier alpha value is -4.36. The van der Waals surface area contributed by atoms with Crippen molar-refractivity contribution in [3.63, 3.8) is 0 Å². The van der Waals surface area contributed by atoms with Gasteiger partial charge in [-0.3, -0.25) is 14.4 Å². The average Bonchev–Trinajstić information content (AvgIpc) is 3.83. The standard InChI is InChI=1S/C44H61FN4O10/c1-12-34-44(9)35(29-21-30(29)39(52)58-44)26(5)36(50)23(2)22-42(7,54-18-14-15-28-20-32(48-59-28)31(47)16-13-17-46)38(27(6)37(51)43(8,45)41(53)56-34)57-40-25(4)33(49(10)11)19-24(3)55-40/h13,16-17,20,23-24,26-27,29-30,33-35,38,40H,4,12,18-19,21-22,46-47H2,1-3,5-11H3/b17-13-,31-16-/t23-,24-,26-,27+,29-,30?,33+,34-,35+,38-,40+,42+,43+,44-/m1/s1. The molecule has 14 atom stereocenters. The van der Waals surface area contributed by atoms with Crippen LogP contribution in [-0.4, -0.2) is 102 Å². The maximum atomic E-state index is 17.0. The number of nitrogens with two attached hydrogens (primary N) is 2. The van der Waals surface area contributed by atoms with Gasteiger partial charge in [0, 0.05) is 35.8 Å². The largest absolute Gasteiger partial charge is 0.455 e. The molecule has 4 aliphatic rings. The molecule has 15 heteroatoms. The number of ketones is 2. The van der Waals surface area contributed by atoms with Gasteiger partial charge in [0.25, 0.3) is 5.67 Å². The third-order valence-electron chi connectivity index (χ3n) is 12.8. The van der Waals surface area contributed by atoms with Crippen LogP contribution < -0.4 is 11.5 Å². The molecule has 1 aliphatic carbocycles. The van der Waals surface area contributed by atoms with Crippen LogP contribution in [0.1, 0.15) is 92.5 Å². The number of rotatable bonds is 8. The number of cyclic esters (lactones) is 1. The van der Waals surface area contributed by atoms with Crippen molar-refractivity contribution in [2.24, 2.45) is 47.0 Å². The number of carbonyl (C=O) groups is 4. The molecule has 5 rings (SSSR count). The van der Waals surface area contributed by atoms with Gasteiger partial charge >= 0.3 is 11.9 Å². The van der Waals surface area contributed by atoms with Crippen molar-refractivity contribution in [1.82, 2.24) is 10.1 Å². The fourth-order valence-electron chi connectivity index (χ4n) is 9.52. The van der Waals surface area contributed by atoms with Crippen LogP contribution in [0.5, 0.6) is 0 Å². The molecule has 3 aliphatic heterocycles. The van der Waals surface area contributed by atoms with E-state index in [-0.39, 0.29) is 49.1 Å². The molecule has 1 aromatic rings. The molecule has 0 bridgehead atoms. The summed E-state index contributed by atoms with van der Waals surface area (Å²) in [5, 5.41) is 3.94. The van der Waals surface area contributed by atoms with Crippen molar-refractivity contribution in [2.75, 3.05) is 20.7 Å². The second-order valence-electron chi connectivity index (χ2n) is 17.5. The molecular formula is C44H61FN4O10. The Morgan fingerprint density at radius 2 is 1.81 bits per heavy atom. The summed E-state index contributed by atoms with van der Waals surface area (Å²) in [4.78, 5) is 58.2. The number of ether oxygens (including phenoxy) is 5. The average molecular weight is 825 g/mol.